The van der Waals surface area contributed by atoms with E-state index in [2.05, 4.69) is 5.32 Å². The van der Waals surface area contributed by atoms with Gasteiger partial charge in [-0.3, -0.25) is 14.4 Å². The second-order valence-electron chi connectivity index (χ2n) is 7.60. The Morgan fingerprint density at radius 3 is 2.54 bits per heavy atom. The molecule has 0 atom stereocenters. The molecule has 3 rings (SSSR count). The Morgan fingerprint density at radius 1 is 1.11 bits per heavy atom. The quantitative estimate of drug-likeness (QED) is 0.883. The molecule has 148 valence electrons. The van der Waals surface area contributed by atoms with E-state index in [1.165, 1.54) is 4.57 Å². The standard InChI is InChI=1S/C22H27N3O3/c1-15-6-7-16(2)19(13-15)20(26)23-14-17-8-11-25(12-9-17)22(28)18-5-4-10-24(3)21(18)27/h4-7,10,13,17H,8-9,11-12,14H2,1-3H3,(H,23,26). The number of pyridine rings is 1. The number of hydrogen-bond acceptors (Lipinski definition) is 3. The normalized spacial score (nSPS) is 14.8. The molecule has 2 aromatic rings. The fourth-order valence-corrected chi connectivity index (χ4v) is 3.58. The molecule has 2 amide bonds. The van der Waals surface area contributed by atoms with Crippen molar-refractivity contribution in [2.45, 2.75) is 26.7 Å². The summed E-state index contributed by atoms with van der Waals surface area (Å²) in [5.74, 6) is 0.0725. The molecule has 1 aliphatic heterocycles. The van der Waals surface area contributed by atoms with Crippen molar-refractivity contribution >= 4 is 11.8 Å². The average molecular weight is 381 g/mol. The summed E-state index contributed by atoms with van der Waals surface area (Å²) in [6, 6.07) is 9.17. The summed E-state index contributed by atoms with van der Waals surface area (Å²) in [5, 5.41) is 3.03. The topological polar surface area (TPSA) is 71.4 Å². The SMILES string of the molecule is Cc1ccc(C)c(C(=O)NCC2CCN(C(=O)c3cccn(C)c3=O)CC2)c1. The van der Waals surface area contributed by atoms with Crippen LogP contribution >= 0.6 is 0 Å². The summed E-state index contributed by atoms with van der Waals surface area (Å²) in [4.78, 5) is 39.0. The van der Waals surface area contributed by atoms with Crippen LogP contribution in [0, 0.1) is 19.8 Å². The lowest BCUT2D eigenvalue weighted by Gasteiger charge is -2.32. The van der Waals surface area contributed by atoms with Gasteiger partial charge in [0.25, 0.3) is 17.4 Å². The number of piperidine rings is 1. The van der Waals surface area contributed by atoms with Crippen LogP contribution in [-0.4, -0.2) is 40.9 Å². The van der Waals surface area contributed by atoms with Crippen LogP contribution in [0.25, 0.3) is 0 Å². The lowest BCUT2D eigenvalue weighted by atomic mass is 9.96. The summed E-state index contributed by atoms with van der Waals surface area (Å²) < 4.78 is 1.42. The third-order valence-corrected chi connectivity index (χ3v) is 5.44. The monoisotopic (exact) mass is 381 g/mol. The van der Waals surface area contributed by atoms with Crippen molar-refractivity contribution in [3.8, 4) is 0 Å². The summed E-state index contributed by atoms with van der Waals surface area (Å²) in [7, 11) is 1.64. The van der Waals surface area contributed by atoms with Gasteiger partial charge in [0.1, 0.15) is 5.56 Å². The fraction of sp³-hybridized carbons (Fsp3) is 0.409. The van der Waals surface area contributed by atoms with Crippen LogP contribution < -0.4 is 10.9 Å². The maximum Gasteiger partial charge on any atom is 0.263 e. The Morgan fingerprint density at radius 2 is 1.82 bits per heavy atom. The second kappa shape index (κ2) is 8.42. The van der Waals surface area contributed by atoms with Crippen molar-refractivity contribution < 1.29 is 9.59 Å². The lowest BCUT2D eigenvalue weighted by molar-refractivity contribution is 0.0682. The molecule has 0 unspecified atom stereocenters. The van der Waals surface area contributed by atoms with Crippen LogP contribution in [0.15, 0.2) is 41.3 Å². The average Bonchev–Trinajstić information content (AvgIpc) is 2.70. The maximum absolute atomic E-state index is 12.6. The van der Waals surface area contributed by atoms with Crippen molar-refractivity contribution in [2.24, 2.45) is 13.0 Å². The zero-order valence-electron chi connectivity index (χ0n) is 16.7. The van der Waals surface area contributed by atoms with Gasteiger partial charge >= 0.3 is 0 Å². The zero-order valence-corrected chi connectivity index (χ0v) is 16.7. The molecule has 1 aromatic heterocycles. The summed E-state index contributed by atoms with van der Waals surface area (Å²) in [6.45, 7) is 5.71. The van der Waals surface area contributed by atoms with Crippen molar-refractivity contribution in [2.75, 3.05) is 19.6 Å². The van der Waals surface area contributed by atoms with E-state index in [4.69, 9.17) is 0 Å². The number of carbonyl (C=O) groups is 2. The van der Waals surface area contributed by atoms with Crippen molar-refractivity contribution in [3.63, 3.8) is 0 Å². The molecule has 6 nitrogen and oxygen atoms in total. The number of carbonyl (C=O) groups excluding carboxylic acids is 2. The number of amides is 2. The molecule has 1 aliphatic rings. The van der Waals surface area contributed by atoms with E-state index in [1.807, 2.05) is 32.0 Å². The highest BCUT2D eigenvalue weighted by molar-refractivity contribution is 5.96. The third-order valence-electron chi connectivity index (χ3n) is 5.44. The Hall–Kier alpha value is -2.89. The van der Waals surface area contributed by atoms with E-state index in [9.17, 15) is 14.4 Å². The van der Waals surface area contributed by atoms with Gasteiger partial charge in [-0.1, -0.05) is 17.7 Å². The van der Waals surface area contributed by atoms with Crippen molar-refractivity contribution in [3.05, 3.63) is 69.1 Å². The minimum atomic E-state index is -0.268. The van der Waals surface area contributed by atoms with Gasteiger partial charge in [-0.05, 0) is 56.4 Å². The number of rotatable bonds is 4. The van der Waals surface area contributed by atoms with E-state index in [0.29, 0.717) is 31.1 Å². The maximum atomic E-state index is 12.6. The molecular weight excluding hydrogens is 354 g/mol. The van der Waals surface area contributed by atoms with Crippen molar-refractivity contribution in [1.29, 1.82) is 0 Å². The van der Waals surface area contributed by atoms with E-state index in [0.717, 1.165) is 24.0 Å². The van der Waals surface area contributed by atoms with E-state index in [-0.39, 0.29) is 22.9 Å². The van der Waals surface area contributed by atoms with Gasteiger partial charge in [-0.15, -0.1) is 0 Å². The van der Waals surface area contributed by atoms with Crippen LogP contribution in [0.1, 0.15) is 44.7 Å². The molecule has 28 heavy (non-hydrogen) atoms. The van der Waals surface area contributed by atoms with Gasteiger partial charge in [0.05, 0.1) is 0 Å². The highest BCUT2D eigenvalue weighted by atomic mass is 16.2. The zero-order chi connectivity index (χ0) is 20.3. The molecule has 0 aliphatic carbocycles. The second-order valence-corrected chi connectivity index (χ2v) is 7.60. The molecule has 0 saturated carbocycles. The van der Waals surface area contributed by atoms with Gasteiger partial charge in [0.15, 0.2) is 0 Å². The van der Waals surface area contributed by atoms with E-state index >= 15 is 0 Å². The summed E-state index contributed by atoms with van der Waals surface area (Å²) in [6.07, 6.45) is 3.27. The molecule has 1 N–H and O–H groups in total. The first-order valence-electron chi connectivity index (χ1n) is 9.67. The van der Waals surface area contributed by atoms with Gasteiger partial charge in [-0.25, -0.2) is 0 Å². The Bertz CT molecular complexity index is 940. The first-order valence-corrected chi connectivity index (χ1v) is 9.67. The van der Waals surface area contributed by atoms with Gasteiger partial charge in [0, 0.05) is 38.4 Å². The minimum Gasteiger partial charge on any atom is -0.352 e. The smallest absolute Gasteiger partial charge is 0.263 e. The molecule has 0 spiro atoms. The van der Waals surface area contributed by atoms with Crippen LogP contribution in [0.4, 0.5) is 0 Å². The van der Waals surface area contributed by atoms with Crippen LogP contribution in [0.5, 0.6) is 0 Å². The number of hydrogen-bond donors (Lipinski definition) is 1. The van der Waals surface area contributed by atoms with E-state index in [1.54, 1.807) is 30.3 Å². The Balaban J connectivity index is 1.53. The van der Waals surface area contributed by atoms with Gasteiger partial charge < -0.3 is 14.8 Å². The minimum absolute atomic E-state index is 0.0486. The first kappa shape index (κ1) is 19.9. The summed E-state index contributed by atoms with van der Waals surface area (Å²) in [5.41, 5.74) is 2.69. The highest BCUT2D eigenvalue weighted by Gasteiger charge is 2.25. The number of nitrogens with one attached hydrogen (secondary N) is 1. The fourth-order valence-electron chi connectivity index (χ4n) is 3.58. The first-order chi connectivity index (χ1) is 13.4. The number of nitrogens with zero attached hydrogens (tertiary/aromatic N) is 2. The Kier molecular flexibility index (Phi) is 5.97. The lowest BCUT2D eigenvalue weighted by Crippen LogP contribution is -2.43. The highest BCUT2D eigenvalue weighted by Crippen LogP contribution is 2.18. The molecule has 0 radical (unpaired) electrons. The molecule has 6 heteroatoms. The molecule has 1 fully saturated rings. The van der Waals surface area contributed by atoms with Gasteiger partial charge in [-0.2, -0.15) is 0 Å². The van der Waals surface area contributed by atoms with E-state index < -0.39 is 0 Å². The predicted molar refractivity (Wildman–Crippen MR) is 109 cm³/mol. The number of aryl methyl sites for hydroxylation is 3. The largest absolute Gasteiger partial charge is 0.352 e. The molecule has 1 aromatic carbocycles. The number of aromatic nitrogens is 1. The molecule has 0 bridgehead atoms. The molecule has 1 saturated heterocycles. The van der Waals surface area contributed by atoms with Crippen LogP contribution in [-0.2, 0) is 7.05 Å². The van der Waals surface area contributed by atoms with Crippen LogP contribution in [0.3, 0.4) is 0 Å². The molecular formula is C22H27N3O3. The van der Waals surface area contributed by atoms with Crippen LogP contribution in [0.2, 0.25) is 0 Å². The number of likely N-dealkylation sites (tertiary alicyclic amines) is 1. The third kappa shape index (κ3) is 4.32. The molecule has 2 heterocycles. The Labute approximate surface area is 165 Å². The predicted octanol–water partition coefficient (Wildman–Crippen LogP) is 2.28. The summed E-state index contributed by atoms with van der Waals surface area (Å²) >= 11 is 0. The van der Waals surface area contributed by atoms with Gasteiger partial charge in [0.2, 0.25) is 0 Å². The number of benzene rings is 1. The van der Waals surface area contributed by atoms with Crippen molar-refractivity contribution in [1.82, 2.24) is 14.8 Å².